The Labute approximate surface area is 86.9 Å². The van der Waals surface area contributed by atoms with Gasteiger partial charge in [-0.2, -0.15) is 0 Å². The molecule has 0 amide bonds. The second kappa shape index (κ2) is 4.77. The van der Waals surface area contributed by atoms with Crippen LogP contribution in [0.25, 0.3) is 0 Å². The molecule has 0 spiro atoms. The summed E-state index contributed by atoms with van der Waals surface area (Å²) in [6.45, 7) is 1.67. The Kier molecular flexibility index (Phi) is 3.39. The predicted octanol–water partition coefficient (Wildman–Crippen LogP) is -0.00450. The highest BCUT2D eigenvalue weighted by atomic mass is 32.2. The van der Waals surface area contributed by atoms with Crippen molar-refractivity contribution in [1.82, 2.24) is 20.3 Å². The number of aliphatic hydroxyl groups excluding tert-OH is 1. The molecule has 0 aromatic carbocycles. The van der Waals surface area contributed by atoms with Gasteiger partial charge in [-0.05, 0) is 18.7 Å². The van der Waals surface area contributed by atoms with Crippen LogP contribution in [0.5, 0.6) is 0 Å². The molecule has 1 atom stereocenters. The molecule has 0 bridgehead atoms. The topological polar surface area (TPSA) is 63.0 Å². The van der Waals surface area contributed by atoms with Gasteiger partial charge in [0.25, 0.3) is 0 Å². The quantitative estimate of drug-likeness (QED) is 0.741. The van der Waals surface area contributed by atoms with Gasteiger partial charge in [-0.15, -0.1) is 16.9 Å². The molecule has 0 saturated carbocycles. The molecule has 78 valence electrons. The van der Waals surface area contributed by atoms with E-state index >= 15 is 0 Å². The maximum atomic E-state index is 8.73. The van der Waals surface area contributed by atoms with Gasteiger partial charge >= 0.3 is 0 Å². The molecule has 2 heterocycles. The zero-order valence-corrected chi connectivity index (χ0v) is 8.70. The van der Waals surface area contributed by atoms with Gasteiger partial charge in [-0.3, -0.25) is 0 Å². The van der Waals surface area contributed by atoms with E-state index in [-0.39, 0.29) is 12.0 Å². The zero-order chi connectivity index (χ0) is 9.80. The van der Waals surface area contributed by atoms with E-state index in [1.54, 1.807) is 4.68 Å². The third-order valence-electron chi connectivity index (χ3n) is 2.09. The summed E-state index contributed by atoms with van der Waals surface area (Å²) < 4.78 is 1.67. The highest BCUT2D eigenvalue weighted by Crippen LogP contribution is 2.27. The van der Waals surface area contributed by atoms with Gasteiger partial charge in [0.05, 0.1) is 24.7 Å². The lowest BCUT2D eigenvalue weighted by Crippen LogP contribution is -2.25. The first-order valence-electron chi connectivity index (χ1n) is 4.76. The molecule has 1 aliphatic heterocycles. The Hall–Kier alpha value is -0.590. The molecular weight excluding hydrogens is 200 g/mol. The monoisotopic (exact) mass is 214 g/mol. The highest BCUT2D eigenvalue weighted by Gasteiger charge is 2.17. The van der Waals surface area contributed by atoms with Crippen LogP contribution < -0.4 is 5.32 Å². The number of aliphatic hydroxyl groups is 1. The van der Waals surface area contributed by atoms with E-state index in [0.717, 1.165) is 12.2 Å². The average Bonchev–Trinajstić information content (AvgIpc) is 2.68. The van der Waals surface area contributed by atoms with Crippen LogP contribution in [0.4, 0.5) is 0 Å². The molecule has 2 rings (SSSR count). The van der Waals surface area contributed by atoms with Crippen molar-refractivity contribution in [2.45, 2.75) is 18.3 Å². The van der Waals surface area contributed by atoms with Crippen molar-refractivity contribution < 1.29 is 5.11 Å². The Balaban J connectivity index is 2.00. The number of nitrogens with one attached hydrogen (secondary N) is 1. The van der Waals surface area contributed by atoms with Gasteiger partial charge < -0.3 is 10.4 Å². The lowest BCUT2D eigenvalue weighted by Gasteiger charge is -2.20. The number of nitrogens with zero attached hydrogens (tertiary/aromatic N) is 3. The van der Waals surface area contributed by atoms with E-state index in [0.29, 0.717) is 6.54 Å². The molecule has 5 nitrogen and oxygen atoms in total. The summed E-state index contributed by atoms with van der Waals surface area (Å²) in [4.78, 5) is 0. The molecule has 1 aromatic heterocycles. The van der Waals surface area contributed by atoms with Crippen molar-refractivity contribution in [3.05, 3.63) is 11.9 Å². The van der Waals surface area contributed by atoms with Crippen molar-refractivity contribution in [2.75, 3.05) is 18.9 Å². The molecule has 1 saturated heterocycles. The predicted molar refractivity (Wildman–Crippen MR) is 54.9 cm³/mol. The Bertz CT molecular complexity index is 285. The third-order valence-corrected chi connectivity index (χ3v) is 3.36. The van der Waals surface area contributed by atoms with Crippen LogP contribution in [0.3, 0.4) is 0 Å². The molecule has 1 unspecified atom stereocenters. The average molecular weight is 214 g/mol. The fraction of sp³-hybridized carbons (Fsp3) is 0.750. The van der Waals surface area contributed by atoms with Crippen LogP contribution >= 0.6 is 11.8 Å². The van der Waals surface area contributed by atoms with Crippen LogP contribution in [0, 0.1) is 0 Å². The second-order valence-corrected chi connectivity index (χ2v) is 4.40. The molecule has 6 heteroatoms. The minimum atomic E-state index is 0.105. The molecule has 0 aliphatic carbocycles. The van der Waals surface area contributed by atoms with Gasteiger partial charge in [-0.1, -0.05) is 5.21 Å². The Morgan fingerprint density at radius 2 is 2.64 bits per heavy atom. The maximum Gasteiger partial charge on any atom is 0.110 e. The smallest absolute Gasteiger partial charge is 0.110 e. The van der Waals surface area contributed by atoms with Crippen LogP contribution in [0.2, 0.25) is 0 Å². The first-order chi connectivity index (χ1) is 6.90. The Morgan fingerprint density at radius 3 is 3.36 bits per heavy atom. The number of aromatic nitrogens is 3. The minimum Gasteiger partial charge on any atom is -0.394 e. The summed E-state index contributed by atoms with van der Waals surface area (Å²) in [5.41, 5.74) is 0.961. The van der Waals surface area contributed by atoms with Gasteiger partial charge in [0, 0.05) is 0 Å². The standard InChI is InChI=1S/C8H14N4OS/c13-4-3-12-6-7(10-11-12)8-9-2-1-5-14-8/h6,8-9,13H,1-5H2. The third kappa shape index (κ3) is 2.26. The SMILES string of the molecule is OCCn1cc(C2NCCCS2)nn1. The van der Waals surface area contributed by atoms with Crippen LogP contribution in [-0.4, -0.2) is 39.0 Å². The number of hydrogen-bond acceptors (Lipinski definition) is 5. The molecule has 2 N–H and O–H groups in total. The maximum absolute atomic E-state index is 8.73. The fourth-order valence-electron chi connectivity index (χ4n) is 1.40. The first kappa shape index (κ1) is 9.95. The fourth-order valence-corrected chi connectivity index (χ4v) is 2.46. The summed E-state index contributed by atoms with van der Waals surface area (Å²) in [7, 11) is 0. The summed E-state index contributed by atoms with van der Waals surface area (Å²) in [6, 6.07) is 0. The van der Waals surface area contributed by atoms with Gasteiger partial charge in [0.1, 0.15) is 5.69 Å². The summed E-state index contributed by atoms with van der Waals surface area (Å²) >= 11 is 1.86. The van der Waals surface area contributed by atoms with Crippen molar-refractivity contribution in [3.8, 4) is 0 Å². The lowest BCUT2D eigenvalue weighted by atomic mass is 10.4. The van der Waals surface area contributed by atoms with E-state index in [4.69, 9.17) is 5.11 Å². The van der Waals surface area contributed by atoms with Gasteiger partial charge in [0.15, 0.2) is 0 Å². The number of hydrogen-bond donors (Lipinski definition) is 2. The van der Waals surface area contributed by atoms with Crippen molar-refractivity contribution in [2.24, 2.45) is 0 Å². The Morgan fingerprint density at radius 1 is 1.71 bits per heavy atom. The largest absolute Gasteiger partial charge is 0.394 e. The van der Waals surface area contributed by atoms with E-state index in [1.807, 2.05) is 18.0 Å². The molecule has 1 fully saturated rings. The molecule has 1 aromatic rings. The minimum absolute atomic E-state index is 0.105. The normalized spacial score (nSPS) is 22.5. The number of thioether (sulfide) groups is 1. The van der Waals surface area contributed by atoms with E-state index in [2.05, 4.69) is 15.6 Å². The summed E-state index contributed by atoms with van der Waals surface area (Å²) in [5, 5.41) is 20.4. The first-order valence-corrected chi connectivity index (χ1v) is 5.81. The number of rotatable bonds is 3. The highest BCUT2D eigenvalue weighted by molar-refractivity contribution is 7.99. The molecule has 14 heavy (non-hydrogen) atoms. The molecule has 1 aliphatic rings. The van der Waals surface area contributed by atoms with Gasteiger partial charge in [0.2, 0.25) is 0 Å². The summed E-state index contributed by atoms with van der Waals surface area (Å²) in [5.74, 6) is 1.17. The van der Waals surface area contributed by atoms with Crippen LogP contribution in [-0.2, 0) is 6.54 Å². The summed E-state index contributed by atoms with van der Waals surface area (Å²) in [6.07, 6.45) is 3.11. The lowest BCUT2D eigenvalue weighted by molar-refractivity contribution is 0.268. The van der Waals surface area contributed by atoms with Crippen molar-refractivity contribution in [3.63, 3.8) is 0 Å². The van der Waals surface area contributed by atoms with Crippen LogP contribution in [0.1, 0.15) is 17.5 Å². The van der Waals surface area contributed by atoms with Crippen LogP contribution in [0.15, 0.2) is 6.20 Å². The van der Waals surface area contributed by atoms with Crippen molar-refractivity contribution in [1.29, 1.82) is 0 Å². The van der Waals surface area contributed by atoms with Crippen molar-refractivity contribution >= 4 is 11.8 Å². The second-order valence-electron chi connectivity index (χ2n) is 3.19. The van der Waals surface area contributed by atoms with Gasteiger partial charge in [-0.25, -0.2) is 4.68 Å². The molecular formula is C8H14N4OS. The molecule has 0 radical (unpaired) electrons. The van der Waals surface area contributed by atoms with E-state index in [1.165, 1.54) is 12.2 Å². The van der Waals surface area contributed by atoms with E-state index in [9.17, 15) is 0 Å². The zero-order valence-electron chi connectivity index (χ0n) is 7.89. The van der Waals surface area contributed by atoms with E-state index < -0.39 is 0 Å².